The van der Waals surface area contributed by atoms with Gasteiger partial charge in [0.15, 0.2) is 0 Å². The number of hydrogen-bond donors (Lipinski definition) is 2. The van der Waals surface area contributed by atoms with E-state index in [1.807, 2.05) is 12.1 Å². The third-order valence-corrected chi connectivity index (χ3v) is 4.65. The molecule has 0 radical (unpaired) electrons. The maximum Gasteiger partial charge on any atom is 0.293 e. The first-order chi connectivity index (χ1) is 11.0. The zero-order valence-electron chi connectivity index (χ0n) is 11.7. The first kappa shape index (κ1) is 16.0. The Hall–Kier alpha value is -1.92. The summed E-state index contributed by atoms with van der Waals surface area (Å²) in [5.74, 6) is -1.61. The second-order valence-electron chi connectivity index (χ2n) is 5.06. The molecule has 0 aromatic heterocycles. The molecule has 0 aliphatic carbocycles. The smallest absolute Gasteiger partial charge is 0.293 e. The average Bonchev–Trinajstić information content (AvgIpc) is 2.84. The molecule has 0 bridgehead atoms. The van der Waals surface area contributed by atoms with Gasteiger partial charge in [0.1, 0.15) is 5.76 Å². The number of nitrogens with one attached hydrogen (secondary N) is 1. The van der Waals surface area contributed by atoms with Crippen molar-refractivity contribution < 1.29 is 14.7 Å². The monoisotopic (exact) mass is 435 g/mol. The number of carbonyl (C=O) groups is 2. The highest BCUT2D eigenvalue weighted by Gasteiger charge is 2.39. The second kappa shape index (κ2) is 6.29. The summed E-state index contributed by atoms with van der Waals surface area (Å²) >= 11 is 6.66. The molecule has 23 heavy (non-hydrogen) atoms. The van der Waals surface area contributed by atoms with Gasteiger partial charge < -0.3 is 10.4 Å². The standard InChI is InChI=1S/C17H11Br2NO3/c18-11-5-1-9(2-6-11)14-13(16(22)17(23)20-14)15(21)10-3-7-12(19)8-4-10/h1-8,14,21H,(H,20,23). The lowest BCUT2D eigenvalue weighted by Gasteiger charge is -2.13. The minimum absolute atomic E-state index is 0.0691. The summed E-state index contributed by atoms with van der Waals surface area (Å²) in [6, 6.07) is 13.4. The number of hydrogen-bond acceptors (Lipinski definition) is 3. The van der Waals surface area contributed by atoms with E-state index in [-0.39, 0.29) is 11.3 Å². The van der Waals surface area contributed by atoms with Gasteiger partial charge in [0, 0.05) is 14.5 Å². The molecule has 1 fully saturated rings. The van der Waals surface area contributed by atoms with Crippen LogP contribution in [0.1, 0.15) is 17.2 Å². The highest BCUT2D eigenvalue weighted by atomic mass is 79.9. The predicted molar refractivity (Wildman–Crippen MR) is 93.7 cm³/mol. The van der Waals surface area contributed by atoms with Crippen LogP contribution in [0, 0.1) is 0 Å². The Balaban J connectivity index is 2.10. The number of aliphatic hydroxyl groups is 1. The molecule has 1 heterocycles. The number of halogens is 2. The van der Waals surface area contributed by atoms with Crippen LogP contribution in [0.15, 0.2) is 63.0 Å². The first-order valence-corrected chi connectivity index (χ1v) is 8.35. The van der Waals surface area contributed by atoms with E-state index in [4.69, 9.17) is 0 Å². The average molecular weight is 437 g/mol. The van der Waals surface area contributed by atoms with E-state index in [1.165, 1.54) is 0 Å². The second-order valence-corrected chi connectivity index (χ2v) is 6.89. The van der Waals surface area contributed by atoms with Gasteiger partial charge in [-0.05, 0) is 29.8 Å². The molecule has 2 aromatic carbocycles. The van der Waals surface area contributed by atoms with Crippen LogP contribution < -0.4 is 5.32 Å². The van der Waals surface area contributed by atoms with E-state index in [1.54, 1.807) is 36.4 Å². The highest BCUT2D eigenvalue weighted by Crippen LogP contribution is 2.33. The molecule has 1 aliphatic rings. The molecule has 1 atom stereocenters. The summed E-state index contributed by atoms with van der Waals surface area (Å²) < 4.78 is 1.75. The van der Waals surface area contributed by atoms with Crippen LogP contribution in [-0.4, -0.2) is 16.8 Å². The van der Waals surface area contributed by atoms with Gasteiger partial charge in [-0.25, -0.2) is 0 Å². The number of aliphatic hydroxyl groups excluding tert-OH is 1. The van der Waals surface area contributed by atoms with Crippen molar-refractivity contribution in [2.45, 2.75) is 6.04 Å². The molecule has 0 saturated carbocycles. The minimum atomic E-state index is -0.711. The van der Waals surface area contributed by atoms with Crippen molar-refractivity contribution in [3.8, 4) is 0 Å². The molecule has 0 spiro atoms. The van der Waals surface area contributed by atoms with E-state index in [0.717, 1.165) is 14.5 Å². The van der Waals surface area contributed by atoms with Gasteiger partial charge >= 0.3 is 0 Å². The van der Waals surface area contributed by atoms with Crippen LogP contribution in [0.3, 0.4) is 0 Å². The Bertz CT molecular complexity index is 811. The van der Waals surface area contributed by atoms with Gasteiger partial charge in [0.2, 0.25) is 0 Å². The summed E-state index contributed by atoms with van der Waals surface area (Å²) in [5.41, 5.74) is 1.28. The fourth-order valence-corrected chi connectivity index (χ4v) is 2.96. The molecule has 2 aromatic rings. The maximum atomic E-state index is 12.2. The minimum Gasteiger partial charge on any atom is -0.507 e. The van der Waals surface area contributed by atoms with Crippen molar-refractivity contribution in [1.82, 2.24) is 5.32 Å². The third kappa shape index (κ3) is 3.09. The number of benzene rings is 2. The van der Waals surface area contributed by atoms with Gasteiger partial charge in [0.25, 0.3) is 11.7 Å². The van der Waals surface area contributed by atoms with Gasteiger partial charge in [-0.3, -0.25) is 9.59 Å². The van der Waals surface area contributed by atoms with Crippen molar-refractivity contribution in [3.05, 3.63) is 74.2 Å². The van der Waals surface area contributed by atoms with Crippen molar-refractivity contribution in [3.63, 3.8) is 0 Å². The number of ketones is 1. The van der Waals surface area contributed by atoms with Crippen molar-refractivity contribution >= 4 is 49.3 Å². The molecule has 6 heteroatoms. The van der Waals surface area contributed by atoms with Crippen molar-refractivity contribution in [1.29, 1.82) is 0 Å². The Kier molecular flexibility index (Phi) is 4.37. The van der Waals surface area contributed by atoms with E-state index >= 15 is 0 Å². The van der Waals surface area contributed by atoms with Crippen LogP contribution >= 0.6 is 31.9 Å². The quantitative estimate of drug-likeness (QED) is 0.426. The fraction of sp³-hybridized carbons (Fsp3) is 0.0588. The number of Topliss-reactive ketones (excluding diaryl/α,β-unsaturated/α-hetero) is 1. The molecular weight excluding hydrogens is 426 g/mol. The molecule has 2 N–H and O–H groups in total. The van der Waals surface area contributed by atoms with E-state index in [9.17, 15) is 14.7 Å². The summed E-state index contributed by atoms with van der Waals surface area (Å²) in [5, 5.41) is 13.1. The molecular formula is C17H11Br2NO3. The Morgan fingerprint density at radius 3 is 2.00 bits per heavy atom. The lowest BCUT2D eigenvalue weighted by atomic mass is 9.96. The van der Waals surface area contributed by atoms with Crippen LogP contribution in [0.25, 0.3) is 5.76 Å². The topological polar surface area (TPSA) is 66.4 Å². The van der Waals surface area contributed by atoms with Gasteiger partial charge in [0.05, 0.1) is 11.6 Å². The molecule has 1 amide bonds. The molecule has 1 saturated heterocycles. The lowest BCUT2D eigenvalue weighted by molar-refractivity contribution is -0.133. The van der Waals surface area contributed by atoms with E-state index < -0.39 is 17.7 Å². The van der Waals surface area contributed by atoms with Gasteiger partial charge in [-0.15, -0.1) is 0 Å². The van der Waals surface area contributed by atoms with E-state index in [0.29, 0.717) is 5.56 Å². The summed E-state index contributed by atoms with van der Waals surface area (Å²) in [6.07, 6.45) is 0. The van der Waals surface area contributed by atoms with Gasteiger partial charge in [-0.2, -0.15) is 0 Å². The summed E-state index contributed by atoms with van der Waals surface area (Å²) in [6.45, 7) is 0. The molecule has 3 rings (SSSR count). The summed E-state index contributed by atoms with van der Waals surface area (Å²) in [7, 11) is 0. The Morgan fingerprint density at radius 2 is 1.43 bits per heavy atom. The largest absolute Gasteiger partial charge is 0.507 e. The zero-order valence-corrected chi connectivity index (χ0v) is 14.9. The Labute approximate surface area is 149 Å². The SMILES string of the molecule is O=C1NC(c2ccc(Br)cc2)C(=C(O)c2ccc(Br)cc2)C1=O. The zero-order chi connectivity index (χ0) is 16.6. The van der Waals surface area contributed by atoms with Crippen LogP contribution in [0.5, 0.6) is 0 Å². The number of carbonyl (C=O) groups excluding carboxylic acids is 2. The van der Waals surface area contributed by atoms with Crippen molar-refractivity contribution in [2.75, 3.05) is 0 Å². The molecule has 1 unspecified atom stereocenters. The highest BCUT2D eigenvalue weighted by molar-refractivity contribution is 9.10. The number of amides is 1. The third-order valence-electron chi connectivity index (χ3n) is 3.59. The van der Waals surface area contributed by atoms with Crippen LogP contribution in [0.2, 0.25) is 0 Å². The van der Waals surface area contributed by atoms with Crippen LogP contribution in [-0.2, 0) is 9.59 Å². The summed E-state index contributed by atoms with van der Waals surface area (Å²) in [4.78, 5) is 24.0. The van der Waals surface area contributed by atoms with Gasteiger partial charge in [-0.1, -0.05) is 56.1 Å². The molecule has 1 aliphatic heterocycles. The predicted octanol–water partition coefficient (Wildman–Crippen LogP) is 3.92. The molecule has 116 valence electrons. The Morgan fingerprint density at radius 1 is 0.913 bits per heavy atom. The fourth-order valence-electron chi connectivity index (χ4n) is 2.43. The van der Waals surface area contributed by atoms with Crippen molar-refractivity contribution in [2.24, 2.45) is 0 Å². The normalized spacial score (nSPS) is 19.7. The lowest BCUT2D eigenvalue weighted by Crippen LogP contribution is -2.21. The van der Waals surface area contributed by atoms with Crippen LogP contribution in [0.4, 0.5) is 0 Å². The first-order valence-electron chi connectivity index (χ1n) is 6.77. The number of rotatable bonds is 2. The molecule has 4 nitrogen and oxygen atoms in total. The van der Waals surface area contributed by atoms with E-state index in [2.05, 4.69) is 37.2 Å². The maximum absolute atomic E-state index is 12.2.